The van der Waals surface area contributed by atoms with Crippen molar-refractivity contribution in [1.29, 1.82) is 0 Å². The largest absolute Gasteiger partial charge is 0.384 e. The highest BCUT2D eigenvalue weighted by Crippen LogP contribution is 2.28. The Balaban J connectivity index is 1.64. The monoisotopic (exact) mass is 368 g/mol. The van der Waals surface area contributed by atoms with Crippen LogP contribution in [-0.4, -0.2) is 73.7 Å². The molecule has 0 radical (unpaired) electrons. The van der Waals surface area contributed by atoms with Crippen LogP contribution in [0.1, 0.15) is 24.7 Å². The van der Waals surface area contributed by atoms with Crippen molar-refractivity contribution in [2.75, 3.05) is 33.9 Å². The van der Waals surface area contributed by atoms with Crippen molar-refractivity contribution < 1.29 is 4.74 Å². The normalized spacial score (nSPS) is 16.1. The van der Waals surface area contributed by atoms with E-state index < -0.39 is 0 Å². The molecule has 1 aromatic carbocycles. The minimum atomic E-state index is 0.374. The first kappa shape index (κ1) is 17.7. The van der Waals surface area contributed by atoms with Gasteiger partial charge in [0.15, 0.2) is 11.6 Å². The van der Waals surface area contributed by atoms with Gasteiger partial charge in [0.25, 0.3) is 0 Å². The number of ether oxygens (including phenoxy) is 1. The van der Waals surface area contributed by atoms with Crippen molar-refractivity contribution in [3.8, 4) is 17.1 Å². The van der Waals surface area contributed by atoms with Crippen molar-refractivity contribution in [1.82, 2.24) is 39.9 Å². The summed E-state index contributed by atoms with van der Waals surface area (Å²) in [6, 6.07) is 8.46. The quantitative estimate of drug-likeness (QED) is 0.649. The van der Waals surface area contributed by atoms with Gasteiger partial charge < -0.3 is 9.64 Å². The van der Waals surface area contributed by atoms with Crippen LogP contribution >= 0.6 is 0 Å². The summed E-state index contributed by atoms with van der Waals surface area (Å²) in [6.07, 6.45) is 4.46. The molecule has 9 heteroatoms. The molecule has 27 heavy (non-hydrogen) atoms. The van der Waals surface area contributed by atoms with Gasteiger partial charge in [0.05, 0.1) is 18.3 Å². The van der Waals surface area contributed by atoms with Crippen molar-refractivity contribution in [3.05, 3.63) is 36.4 Å². The lowest BCUT2D eigenvalue weighted by Crippen LogP contribution is -2.32. The maximum absolute atomic E-state index is 5.20. The highest BCUT2D eigenvalue weighted by molar-refractivity contribution is 5.57. The van der Waals surface area contributed by atoms with Crippen molar-refractivity contribution in [3.63, 3.8) is 0 Å². The average Bonchev–Trinajstić information content (AvgIpc) is 3.37. The van der Waals surface area contributed by atoms with E-state index >= 15 is 0 Å². The summed E-state index contributed by atoms with van der Waals surface area (Å²) in [4.78, 5) is 7.18. The van der Waals surface area contributed by atoms with E-state index in [1.807, 2.05) is 24.3 Å². The third kappa shape index (κ3) is 3.88. The van der Waals surface area contributed by atoms with E-state index in [-0.39, 0.29) is 0 Å². The van der Waals surface area contributed by atoms with Gasteiger partial charge in [-0.2, -0.15) is 5.10 Å². The standard InChI is InChI=1S/C18H24N8O/c1-24-10-7-16(8-11-24)26-18(20-17(21-26)9-12-27-2)14-3-5-15(6-4-14)25-13-19-22-23-25/h3-6,13,16H,7-12H2,1-2H3. The number of piperidine rings is 1. The van der Waals surface area contributed by atoms with E-state index in [1.165, 1.54) is 0 Å². The predicted octanol–water partition coefficient (Wildman–Crippen LogP) is 1.38. The van der Waals surface area contributed by atoms with E-state index in [1.54, 1.807) is 18.1 Å². The van der Waals surface area contributed by atoms with Crippen LogP contribution in [0.2, 0.25) is 0 Å². The number of hydrogen-bond donors (Lipinski definition) is 0. The van der Waals surface area contributed by atoms with E-state index in [4.69, 9.17) is 14.8 Å². The zero-order valence-electron chi connectivity index (χ0n) is 15.7. The Morgan fingerprint density at radius 2 is 1.93 bits per heavy atom. The van der Waals surface area contributed by atoms with Gasteiger partial charge >= 0.3 is 0 Å². The summed E-state index contributed by atoms with van der Waals surface area (Å²) in [6.45, 7) is 2.78. The molecule has 0 N–H and O–H groups in total. The van der Waals surface area contributed by atoms with Gasteiger partial charge in [0.1, 0.15) is 6.33 Å². The molecule has 0 bridgehead atoms. The van der Waals surface area contributed by atoms with Gasteiger partial charge in [-0.25, -0.2) is 14.3 Å². The van der Waals surface area contributed by atoms with Crippen LogP contribution in [0.4, 0.5) is 0 Å². The Morgan fingerprint density at radius 3 is 2.59 bits per heavy atom. The fourth-order valence-electron chi connectivity index (χ4n) is 3.40. The number of nitrogens with zero attached hydrogens (tertiary/aromatic N) is 8. The number of methoxy groups -OCH3 is 1. The summed E-state index contributed by atoms with van der Waals surface area (Å²) in [5, 5.41) is 16.1. The Morgan fingerprint density at radius 1 is 1.15 bits per heavy atom. The predicted molar refractivity (Wildman–Crippen MR) is 99.5 cm³/mol. The van der Waals surface area contributed by atoms with Gasteiger partial charge in [-0.1, -0.05) is 0 Å². The molecule has 0 aliphatic carbocycles. The summed E-state index contributed by atoms with van der Waals surface area (Å²) >= 11 is 0. The molecule has 0 spiro atoms. The highest BCUT2D eigenvalue weighted by Gasteiger charge is 2.23. The minimum absolute atomic E-state index is 0.374. The van der Waals surface area contributed by atoms with Crippen LogP contribution in [0.25, 0.3) is 17.1 Å². The lowest BCUT2D eigenvalue weighted by Gasteiger charge is -2.29. The van der Waals surface area contributed by atoms with Gasteiger partial charge in [-0.15, -0.1) is 5.10 Å². The van der Waals surface area contributed by atoms with Crippen molar-refractivity contribution in [2.45, 2.75) is 25.3 Å². The van der Waals surface area contributed by atoms with Gasteiger partial charge in [-0.05, 0) is 67.7 Å². The Labute approximate surface area is 158 Å². The number of hydrogen-bond acceptors (Lipinski definition) is 7. The molecule has 1 saturated heterocycles. The number of rotatable bonds is 6. The Bertz CT molecular complexity index is 850. The van der Waals surface area contributed by atoms with Gasteiger partial charge in [-0.3, -0.25) is 0 Å². The maximum Gasteiger partial charge on any atom is 0.158 e. The lowest BCUT2D eigenvalue weighted by molar-refractivity contribution is 0.198. The fraction of sp³-hybridized carbons (Fsp3) is 0.500. The molecule has 1 fully saturated rings. The molecule has 3 aromatic rings. The smallest absolute Gasteiger partial charge is 0.158 e. The molecule has 2 aromatic heterocycles. The molecule has 0 atom stereocenters. The summed E-state index contributed by atoms with van der Waals surface area (Å²) in [7, 11) is 3.87. The Hall–Kier alpha value is -2.65. The van der Waals surface area contributed by atoms with Crippen LogP contribution in [0.5, 0.6) is 0 Å². The SMILES string of the molecule is COCCc1nc(-c2ccc(-n3cnnn3)cc2)n(C2CCN(C)CC2)n1. The van der Waals surface area contributed by atoms with Gasteiger partial charge in [0.2, 0.25) is 0 Å². The minimum Gasteiger partial charge on any atom is -0.384 e. The molecule has 1 aliphatic heterocycles. The van der Waals surface area contributed by atoms with Crippen molar-refractivity contribution in [2.24, 2.45) is 0 Å². The summed E-state index contributed by atoms with van der Waals surface area (Å²) in [5.74, 6) is 1.74. The van der Waals surface area contributed by atoms with Gasteiger partial charge in [0, 0.05) is 19.1 Å². The highest BCUT2D eigenvalue weighted by atomic mass is 16.5. The molecular weight excluding hydrogens is 344 g/mol. The second-order valence-electron chi connectivity index (χ2n) is 6.87. The number of likely N-dealkylation sites (tertiary alicyclic amines) is 1. The molecule has 0 amide bonds. The average molecular weight is 368 g/mol. The first-order valence-electron chi connectivity index (χ1n) is 9.21. The van der Waals surface area contributed by atoms with E-state index in [9.17, 15) is 0 Å². The first-order valence-corrected chi connectivity index (χ1v) is 9.21. The molecule has 9 nitrogen and oxygen atoms in total. The topological polar surface area (TPSA) is 86.8 Å². The van der Waals surface area contributed by atoms with E-state index in [0.29, 0.717) is 19.1 Å². The second-order valence-corrected chi connectivity index (χ2v) is 6.87. The zero-order chi connectivity index (χ0) is 18.6. The van der Waals surface area contributed by atoms with E-state index in [0.717, 1.165) is 48.8 Å². The number of benzene rings is 1. The fourth-order valence-corrected chi connectivity index (χ4v) is 3.40. The summed E-state index contributed by atoms with van der Waals surface area (Å²) < 4.78 is 8.95. The van der Waals surface area contributed by atoms with Crippen LogP contribution in [0, 0.1) is 0 Å². The molecule has 0 unspecified atom stereocenters. The second kappa shape index (κ2) is 7.93. The molecule has 0 saturated carbocycles. The molecular formula is C18H24N8O. The zero-order valence-corrected chi connectivity index (χ0v) is 15.7. The van der Waals surface area contributed by atoms with Crippen LogP contribution < -0.4 is 0 Å². The third-order valence-corrected chi connectivity index (χ3v) is 4.98. The first-order chi connectivity index (χ1) is 13.2. The number of aromatic nitrogens is 7. The molecule has 3 heterocycles. The maximum atomic E-state index is 5.20. The Kier molecular flexibility index (Phi) is 5.21. The molecule has 142 valence electrons. The molecule has 4 rings (SSSR count). The summed E-state index contributed by atoms with van der Waals surface area (Å²) in [5.41, 5.74) is 1.95. The van der Waals surface area contributed by atoms with Crippen LogP contribution in [0.15, 0.2) is 30.6 Å². The van der Waals surface area contributed by atoms with Crippen LogP contribution in [-0.2, 0) is 11.2 Å². The molecule has 1 aliphatic rings. The third-order valence-electron chi connectivity index (χ3n) is 4.98. The van der Waals surface area contributed by atoms with E-state index in [2.05, 4.69) is 32.2 Å². The van der Waals surface area contributed by atoms with Crippen LogP contribution in [0.3, 0.4) is 0 Å². The van der Waals surface area contributed by atoms with Crippen molar-refractivity contribution >= 4 is 0 Å². The number of tetrazole rings is 1. The lowest BCUT2D eigenvalue weighted by atomic mass is 10.1.